The standard InChI is InChI=1S/C22H29N3O2/c1-16-8-6-9-17(2)20(16)18-10-7-11-19(23-18)24-12-14-25(15-13-24)21(26)27-22(3,4)5/h6-11H,12-15H2,1-5H3. The number of anilines is 1. The van der Waals surface area contributed by atoms with Gasteiger partial charge in [-0.2, -0.15) is 0 Å². The first-order valence-corrected chi connectivity index (χ1v) is 9.51. The second-order valence-electron chi connectivity index (χ2n) is 8.10. The maximum atomic E-state index is 12.2. The largest absolute Gasteiger partial charge is 0.444 e. The molecule has 0 bridgehead atoms. The van der Waals surface area contributed by atoms with Crippen LogP contribution in [0.5, 0.6) is 0 Å². The topological polar surface area (TPSA) is 45.7 Å². The molecule has 0 saturated carbocycles. The number of nitrogens with zero attached hydrogens (tertiary/aromatic N) is 3. The predicted molar refractivity (Wildman–Crippen MR) is 109 cm³/mol. The number of hydrogen-bond donors (Lipinski definition) is 0. The summed E-state index contributed by atoms with van der Waals surface area (Å²) < 4.78 is 5.47. The molecule has 1 aromatic carbocycles. The number of piperazine rings is 1. The molecule has 0 radical (unpaired) electrons. The molecule has 0 atom stereocenters. The van der Waals surface area contributed by atoms with Crippen LogP contribution in [0.15, 0.2) is 36.4 Å². The van der Waals surface area contributed by atoms with E-state index in [9.17, 15) is 4.79 Å². The minimum absolute atomic E-state index is 0.237. The lowest BCUT2D eigenvalue weighted by atomic mass is 9.99. The van der Waals surface area contributed by atoms with Gasteiger partial charge in [-0.05, 0) is 57.9 Å². The van der Waals surface area contributed by atoms with Gasteiger partial charge in [0, 0.05) is 31.7 Å². The molecule has 5 nitrogen and oxygen atoms in total. The van der Waals surface area contributed by atoms with Crippen LogP contribution < -0.4 is 4.90 Å². The van der Waals surface area contributed by atoms with Gasteiger partial charge in [-0.3, -0.25) is 0 Å². The van der Waals surface area contributed by atoms with Crippen molar-refractivity contribution in [2.24, 2.45) is 0 Å². The third-order valence-electron chi connectivity index (χ3n) is 4.73. The number of rotatable bonds is 2. The van der Waals surface area contributed by atoms with Crippen molar-refractivity contribution in [2.45, 2.75) is 40.2 Å². The van der Waals surface area contributed by atoms with Gasteiger partial charge in [0.25, 0.3) is 0 Å². The van der Waals surface area contributed by atoms with Crippen molar-refractivity contribution in [3.63, 3.8) is 0 Å². The van der Waals surface area contributed by atoms with E-state index in [1.54, 1.807) is 4.90 Å². The van der Waals surface area contributed by atoms with E-state index in [0.717, 1.165) is 24.6 Å². The average molecular weight is 367 g/mol. The highest BCUT2D eigenvalue weighted by molar-refractivity contribution is 5.70. The minimum Gasteiger partial charge on any atom is -0.444 e. The van der Waals surface area contributed by atoms with Crippen LogP contribution in [0.4, 0.5) is 10.6 Å². The number of carbonyl (C=O) groups excluding carboxylic acids is 1. The molecule has 1 amide bonds. The molecule has 1 saturated heterocycles. The fourth-order valence-corrected chi connectivity index (χ4v) is 3.40. The highest BCUT2D eigenvalue weighted by Crippen LogP contribution is 2.27. The summed E-state index contributed by atoms with van der Waals surface area (Å²) in [6.07, 6.45) is -0.237. The van der Waals surface area contributed by atoms with Crippen LogP contribution in [0, 0.1) is 13.8 Å². The molecule has 0 aliphatic carbocycles. The van der Waals surface area contributed by atoms with Crippen molar-refractivity contribution in [1.82, 2.24) is 9.88 Å². The van der Waals surface area contributed by atoms with Gasteiger partial charge in [-0.1, -0.05) is 24.3 Å². The van der Waals surface area contributed by atoms with Gasteiger partial charge in [0.1, 0.15) is 11.4 Å². The summed E-state index contributed by atoms with van der Waals surface area (Å²) >= 11 is 0. The first-order valence-electron chi connectivity index (χ1n) is 9.51. The van der Waals surface area contributed by atoms with E-state index in [-0.39, 0.29) is 6.09 Å². The molecule has 2 heterocycles. The molecule has 1 aliphatic rings. The summed E-state index contributed by atoms with van der Waals surface area (Å²) in [5.41, 5.74) is 4.20. The molecular formula is C22H29N3O2. The van der Waals surface area contributed by atoms with E-state index in [2.05, 4.69) is 49.1 Å². The summed E-state index contributed by atoms with van der Waals surface area (Å²) in [6.45, 7) is 12.7. The van der Waals surface area contributed by atoms with Crippen LogP contribution in [0.3, 0.4) is 0 Å². The zero-order valence-electron chi connectivity index (χ0n) is 17.0. The van der Waals surface area contributed by atoms with Gasteiger partial charge in [0.05, 0.1) is 5.69 Å². The molecular weight excluding hydrogens is 338 g/mol. The number of benzene rings is 1. The second-order valence-corrected chi connectivity index (χ2v) is 8.10. The Balaban J connectivity index is 1.72. The van der Waals surface area contributed by atoms with Crippen LogP contribution >= 0.6 is 0 Å². The quantitative estimate of drug-likeness (QED) is 0.788. The number of amides is 1. The second kappa shape index (κ2) is 7.59. The molecule has 1 fully saturated rings. The first kappa shape index (κ1) is 19.2. The number of hydrogen-bond acceptors (Lipinski definition) is 4. The SMILES string of the molecule is Cc1cccc(C)c1-c1cccc(N2CCN(C(=O)OC(C)(C)C)CC2)n1. The van der Waals surface area contributed by atoms with Crippen molar-refractivity contribution in [3.8, 4) is 11.3 Å². The van der Waals surface area contributed by atoms with E-state index in [1.807, 2.05) is 26.8 Å². The fraction of sp³-hybridized carbons (Fsp3) is 0.455. The van der Waals surface area contributed by atoms with E-state index in [0.29, 0.717) is 13.1 Å². The summed E-state index contributed by atoms with van der Waals surface area (Å²) in [5.74, 6) is 0.957. The Morgan fingerprint density at radius 1 is 0.963 bits per heavy atom. The average Bonchev–Trinajstić information content (AvgIpc) is 2.60. The summed E-state index contributed by atoms with van der Waals surface area (Å²) in [6, 6.07) is 12.5. The number of aromatic nitrogens is 1. The Morgan fingerprint density at radius 2 is 1.56 bits per heavy atom. The number of pyridine rings is 1. The number of aryl methyl sites for hydroxylation is 2. The Hall–Kier alpha value is -2.56. The lowest BCUT2D eigenvalue weighted by molar-refractivity contribution is 0.0240. The third kappa shape index (κ3) is 4.59. The highest BCUT2D eigenvalue weighted by atomic mass is 16.6. The van der Waals surface area contributed by atoms with Crippen molar-refractivity contribution in [2.75, 3.05) is 31.1 Å². The van der Waals surface area contributed by atoms with E-state index >= 15 is 0 Å². The summed E-state index contributed by atoms with van der Waals surface area (Å²) in [5, 5.41) is 0. The van der Waals surface area contributed by atoms with E-state index in [1.165, 1.54) is 16.7 Å². The maximum absolute atomic E-state index is 12.2. The van der Waals surface area contributed by atoms with Gasteiger partial charge in [-0.25, -0.2) is 9.78 Å². The summed E-state index contributed by atoms with van der Waals surface area (Å²) in [4.78, 5) is 21.2. The molecule has 1 aromatic heterocycles. The Bertz CT molecular complexity index is 798. The molecule has 0 unspecified atom stereocenters. The molecule has 0 N–H and O–H groups in total. The monoisotopic (exact) mass is 367 g/mol. The van der Waals surface area contributed by atoms with Crippen molar-refractivity contribution >= 4 is 11.9 Å². The Labute approximate surface area is 162 Å². The van der Waals surface area contributed by atoms with Crippen LogP contribution in [0.1, 0.15) is 31.9 Å². The highest BCUT2D eigenvalue weighted by Gasteiger charge is 2.26. The van der Waals surface area contributed by atoms with E-state index in [4.69, 9.17) is 9.72 Å². The number of carbonyl (C=O) groups is 1. The zero-order chi connectivity index (χ0) is 19.6. The molecule has 0 spiro atoms. The lowest BCUT2D eigenvalue weighted by Crippen LogP contribution is -2.50. The smallest absolute Gasteiger partial charge is 0.410 e. The molecule has 27 heavy (non-hydrogen) atoms. The van der Waals surface area contributed by atoms with Crippen molar-refractivity contribution in [3.05, 3.63) is 47.5 Å². The Morgan fingerprint density at radius 3 is 2.15 bits per heavy atom. The minimum atomic E-state index is -0.463. The van der Waals surface area contributed by atoms with Crippen LogP contribution in [-0.2, 0) is 4.74 Å². The van der Waals surface area contributed by atoms with Gasteiger partial charge < -0.3 is 14.5 Å². The molecule has 2 aromatic rings. The zero-order valence-corrected chi connectivity index (χ0v) is 17.0. The third-order valence-corrected chi connectivity index (χ3v) is 4.73. The molecule has 3 rings (SSSR count). The summed E-state index contributed by atoms with van der Waals surface area (Å²) in [7, 11) is 0. The first-order chi connectivity index (χ1) is 12.7. The van der Waals surface area contributed by atoms with Gasteiger partial charge >= 0.3 is 6.09 Å². The van der Waals surface area contributed by atoms with Crippen LogP contribution in [0.2, 0.25) is 0 Å². The van der Waals surface area contributed by atoms with Crippen LogP contribution in [0.25, 0.3) is 11.3 Å². The molecule has 144 valence electrons. The van der Waals surface area contributed by atoms with Crippen molar-refractivity contribution < 1.29 is 9.53 Å². The normalized spacial score (nSPS) is 15.0. The van der Waals surface area contributed by atoms with Crippen molar-refractivity contribution in [1.29, 1.82) is 0 Å². The van der Waals surface area contributed by atoms with Gasteiger partial charge in [-0.15, -0.1) is 0 Å². The number of ether oxygens (including phenoxy) is 1. The van der Waals surface area contributed by atoms with Crippen LogP contribution in [-0.4, -0.2) is 47.8 Å². The molecule has 5 heteroatoms. The predicted octanol–water partition coefficient (Wildman–Crippen LogP) is 4.42. The fourth-order valence-electron chi connectivity index (χ4n) is 3.40. The van der Waals surface area contributed by atoms with Gasteiger partial charge in [0.2, 0.25) is 0 Å². The lowest BCUT2D eigenvalue weighted by Gasteiger charge is -2.36. The molecule has 1 aliphatic heterocycles. The Kier molecular flexibility index (Phi) is 5.40. The van der Waals surface area contributed by atoms with Gasteiger partial charge in [0.15, 0.2) is 0 Å². The van der Waals surface area contributed by atoms with E-state index < -0.39 is 5.60 Å². The maximum Gasteiger partial charge on any atom is 0.410 e.